The van der Waals surface area contributed by atoms with Crippen LogP contribution in [0.25, 0.3) is 0 Å². The largest absolute Gasteiger partial charge is 0.353 e. The Hall–Kier alpha value is -1.25. The quantitative estimate of drug-likeness (QED) is 0.746. The second kappa shape index (κ2) is 3.65. The lowest BCUT2D eigenvalue weighted by atomic mass is 10.1. The number of hydrogen-bond donors (Lipinski definition) is 0. The maximum atomic E-state index is 12.1. The lowest BCUT2D eigenvalue weighted by molar-refractivity contribution is -0.133. The van der Waals surface area contributed by atoms with Crippen LogP contribution >= 0.6 is 0 Å². The van der Waals surface area contributed by atoms with Gasteiger partial charge in [0.25, 0.3) is 0 Å². The molecule has 86 valence electrons. The van der Waals surface area contributed by atoms with Gasteiger partial charge in [-0.05, 0) is 37.8 Å². The summed E-state index contributed by atoms with van der Waals surface area (Å²) >= 11 is 0. The Kier molecular flexibility index (Phi) is 2.27. The number of carbonyl (C=O) groups is 1. The summed E-state index contributed by atoms with van der Waals surface area (Å²) in [5.74, 6) is 0.740. The average Bonchev–Trinajstić information content (AvgIpc) is 2.86. The van der Waals surface area contributed by atoms with Gasteiger partial charge in [0.05, 0.1) is 6.04 Å². The maximum absolute atomic E-state index is 12.1. The van der Waals surface area contributed by atoms with E-state index in [4.69, 9.17) is 0 Å². The van der Waals surface area contributed by atoms with Crippen LogP contribution in [0.15, 0.2) is 18.3 Å². The number of aryl methyl sites for hydroxylation is 1. The Labute approximate surface area is 96.0 Å². The van der Waals surface area contributed by atoms with E-state index < -0.39 is 0 Å². The van der Waals surface area contributed by atoms with Crippen molar-refractivity contribution in [2.24, 2.45) is 13.0 Å². The third-order valence-electron chi connectivity index (χ3n) is 3.79. The molecule has 1 aromatic heterocycles. The van der Waals surface area contributed by atoms with Crippen LogP contribution < -0.4 is 0 Å². The van der Waals surface area contributed by atoms with Gasteiger partial charge in [0.1, 0.15) is 0 Å². The Balaban J connectivity index is 1.83. The molecule has 1 unspecified atom stereocenters. The minimum atomic E-state index is 0.327. The molecule has 0 bridgehead atoms. The van der Waals surface area contributed by atoms with E-state index in [1.807, 2.05) is 0 Å². The number of aromatic nitrogens is 1. The molecule has 1 aliphatic heterocycles. The van der Waals surface area contributed by atoms with Crippen LogP contribution in [0.2, 0.25) is 0 Å². The van der Waals surface area contributed by atoms with Gasteiger partial charge in [-0.25, -0.2) is 0 Å². The Morgan fingerprint density at radius 1 is 1.38 bits per heavy atom. The fraction of sp³-hybridized carbons (Fsp3) is 0.615. The summed E-state index contributed by atoms with van der Waals surface area (Å²) in [6.45, 7) is 0.950. The normalized spacial score (nSPS) is 25.1. The van der Waals surface area contributed by atoms with Crippen molar-refractivity contribution in [2.75, 3.05) is 6.54 Å². The fourth-order valence-electron chi connectivity index (χ4n) is 2.72. The predicted molar refractivity (Wildman–Crippen MR) is 61.8 cm³/mol. The zero-order valence-electron chi connectivity index (χ0n) is 9.72. The summed E-state index contributed by atoms with van der Waals surface area (Å²) in [7, 11) is 2.06. The molecule has 2 heterocycles. The third-order valence-corrected chi connectivity index (χ3v) is 3.79. The molecule has 0 N–H and O–H groups in total. The van der Waals surface area contributed by atoms with Crippen molar-refractivity contribution in [2.45, 2.75) is 31.7 Å². The SMILES string of the molecule is Cn1cccc1C1CCCN1C(=O)C1CC1. The highest BCUT2D eigenvalue weighted by Gasteiger charge is 2.39. The average molecular weight is 218 g/mol. The molecule has 1 amide bonds. The van der Waals surface area contributed by atoms with Gasteiger partial charge >= 0.3 is 0 Å². The summed E-state index contributed by atoms with van der Waals surface area (Å²) < 4.78 is 2.14. The van der Waals surface area contributed by atoms with E-state index in [0.717, 1.165) is 32.2 Å². The van der Waals surface area contributed by atoms with Crippen molar-refractivity contribution in [3.63, 3.8) is 0 Å². The molecule has 1 aliphatic carbocycles. The van der Waals surface area contributed by atoms with E-state index in [0.29, 0.717) is 17.9 Å². The minimum Gasteiger partial charge on any atom is -0.353 e. The van der Waals surface area contributed by atoms with Gasteiger partial charge in [0.15, 0.2) is 0 Å². The molecule has 0 spiro atoms. The van der Waals surface area contributed by atoms with Crippen molar-refractivity contribution >= 4 is 5.91 Å². The van der Waals surface area contributed by atoms with Crippen LogP contribution in [-0.4, -0.2) is 21.9 Å². The highest BCUT2D eigenvalue weighted by Crippen LogP contribution is 2.38. The summed E-state index contributed by atoms with van der Waals surface area (Å²) in [6, 6.07) is 4.53. The summed E-state index contributed by atoms with van der Waals surface area (Å²) in [5.41, 5.74) is 1.28. The molecule has 2 fully saturated rings. The molecular weight excluding hydrogens is 200 g/mol. The van der Waals surface area contributed by atoms with Crippen LogP contribution in [0.5, 0.6) is 0 Å². The Bertz CT molecular complexity index is 406. The second-order valence-corrected chi connectivity index (χ2v) is 5.01. The molecule has 1 saturated heterocycles. The predicted octanol–water partition coefficient (Wildman–Crippen LogP) is 2.10. The van der Waals surface area contributed by atoms with E-state index in [2.05, 4.69) is 34.8 Å². The van der Waals surface area contributed by atoms with E-state index in [1.54, 1.807) is 0 Å². The summed E-state index contributed by atoms with van der Waals surface area (Å²) in [6.07, 6.45) is 6.54. The molecule has 0 radical (unpaired) electrons. The van der Waals surface area contributed by atoms with Crippen LogP contribution in [-0.2, 0) is 11.8 Å². The van der Waals surface area contributed by atoms with Crippen molar-refractivity contribution in [3.05, 3.63) is 24.0 Å². The van der Waals surface area contributed by atoms with Crippen LogP contribution in [0.3, 0.4) is 0 Å². The number of rotatable bonds is 2. The molecule has 3 nitrogen and oxygen atoms in total. The summed E-state index contributed by atoms with van der Waals surface area (Å²) in [5, 5.41) is 0. The molecule has 1 saturated carbocycles. The zero-order chi connectivity index (χ0) is 11.1. The van der Waals surface area contributed by atoms with Crippen molar-refractivity contribution < 1.29 is 4.79 Å². The number of carbonyl (C=O) groups excluding carboxylic acids is 1. The van der Waals surface area contributed by atoms with Crippen molar-refractivity contribution in [1.82, 2.24) is 9.47 Å². The van der Waals surface area contributed by atoms with E-state index in [1.165, 1.54) is 5.69 Å². The Morgan fingerprint density at radius 3 is 2.81 bits per heavy atom. The fourth-order valence-corrected chi connectivity index (χ4v) is 2.72. The van der Waals surface area contributed by atoms with Crippen LogP contribution in [0.1, 0.15) is 37.4 Å². The number of likely N-dealkylation sites (tertiary alicyclic amines) is 1. The smallest absolute Gasteiger partial charge is 0.226 e. The van der Waals surface area contributed by atoms with Gasteiger partial charge in [0, 0.05) is 31.4 Å². The molecule has 0 aromatic carbocycles. The molecule has 3 rings (SSSR count). The lowest BCUT2D eigenvalue weighted by Gasteiger charge is -2.25. The molecule has 2 aliphatic rings. The number of nitrogens with zero attached hydrogens (tertiary/aromatic N) is 2. The zero-order valence-corrected chi connectivity index (χ0v) is 9.72. The van der Waals surface area contributed by atoms with Crippen LogP contribution in [0.4, 0.5) is 0 Å². The monoisotopic (exact) mass is 218 g/mol. The Morgan fingerprint density at radius 2 is 2.19 bits per heavy atom. The van der Waals surface area contributed by atoms with Crippen molar-refractivity contribution in [3.8, 4) is 0 Å². The number of hydrogen-bond acceptors (Lipinski definition) is 1. The molecule has 1 atom stereocenters. The standard InChI is InChI=1S/C13H18N2O/c1-14-8-2-4-11(14)12-5-3-9-15(12)13(16)10-6-7-10/h2,4,8,10,12H,3,5-7,9H2,1H3. The van der Waals surface area contributed by atoms with Crippen molar-refractivity contribution in [1.29, 1.82) is 0 Å². The molecule has 1 aromatic rings. The molecule has 16 heavy (non-hydrogen) atoms. The first-order chi connectivity index (χ1) is 7.77. The van der Waals surface area contributed by atoms with Gasteiger partial charge < -0.3 is 9.47 Å². The first-order valence-corrected chi connectivity index (χ1v) is 6.19. The molecule has 3 heteroatoms. The first kappa shape index (κ1) is 9.94. The first-order valence-electron chi connectivity index (χ1n) is 6.19. The number of amides is 1. The van der Waals surface area contributed by atoms with Crippen LogP contribution in [0, 0.1) is 5.92 Å². The van der Waals surface area contributed by atoms with Gasteiger partial charge in [-0.3, -0.25) is 4.79 Å². The van der Waals surface area contributed by atoms with Gasteiger partial charge in [0.2, 0.25) is 5.91 Å². The third kappa shape index (κ3) is 1.55. The van der Waals surface area contributed by atoms with Gasteiger partial charge in [-0.15, -0.1) is 0 Å². The topological polar surface area (TPSA) is 25.2 Å². The summed E-state index contributed by atoms with van der Waals surface area (Å²) in [4.78, 5) is 14.2. The van der Waals surface area contributed by atoms with E-state index in [-0.39, 0.29) is 0 Å². The maximum Gasteiger partial charge on any atom is 0.226 e. The van der Waals surface area contributed by atoms with E-state index >= 15 is 0 Å². The van der Waals surface area contributed by atoms with Gasteiger partial charge in [-0.1, -0.05) is 0 Å². The highest BCUT2D eigenvalue weighted by molar-refractivity contribution is 5.81. The molecular formula is C13H18N2O. The minimum absolute atomic E-state index is 0.327. The lowest BCUT2D eigenvalue weighted by Crippen LogP contribution is -2.32. The van der Waals surface area contributed by atoms with E-state index in [9.17, 15) is 4.79 Å². The highest BCUT2D eigenvalue weighted by atomic mass is 16.2. The second-order valence-electron chi connectivity index (χ2n) is 5.01. The van der Waals surface area contributed by atoms with Gasteiger partial charge in [-0.2, -0.15) is 0 Å².